The van der Waals surface area contributed by atoms with Crippen LogP contribution >= 0.6 is 0 Å². The number of halogens is 5. The summed E-state index contributed by atoms with van der Waals surface area (Å²) in [5.74, 6) is -9.22. The van der Waals surface area contributed by atoms with Crippen LogP contribution in [-0.2, 0) is 19.1 Å². The fourth-order valence-corrected chi connectivity index (χ4v) is 1.08. The van der Waals surface area contributed by atoms with E-state index in [1.54, 1.807) is 0 Å². The molecule has 0 aliphatic carbocycles. The molecule has 0 heterocycles. The molecule has 0 fully saturated rings. The third-order valence-electron chi connectivity index (χ3n) is 2.13. The van der Waals surface area contributed by atoms with Crippen LogP contribution in [0.1, 0.15) is 12.8 Å². The lowest BCUT2D eigenvalue weighted by Crippen LogP contribution is -2.38. The molecule has 0 aromatic carbocycles. The Morgan fingerprint density at radius 3 is 1.67 bits per heavy atom. The number of alkyl halides is 5. The topological polar surface area (TPSA) is 52.6 Å². The molecule has 0 aliphatic heterocycles. The second-order valence-electron chi connectivity index (χ2n) is 3.34. The summed E-state index contributed by atoms with van der Waals surface area (Å²) >= 11 is 0. The van der Waals surface area contributed by atoms with Gasteiger partial charge in [0.1, 0.15) is 0 Å². The van der Waals surface area contributed by atoms with E-state index >= 15 is 0 Å². The first-order valence-electron chi connectivity index (χ1n) is 4.67. The minimum atomic E-state index is -5.73. The minimum Gasteiger partial charge on any atom is -0.468 e. The van der Waals surface area contributed by atoms with Gasteiger partial charge in [0.2, 0.25) is 0 Å². The normalized spacial score (nSPS) is 12.4. The van der Waals surface area contributed by atoms with Gasteiger partial charge < -0.3 is 9.47 Å². The Bertz CT molecular complexity index is 297. The SMILES string of the molecule is COC(=O)C(CCC(F)(F)C(F)(F)F)C(=O)OC. The standard InChI is InChI=1S/C9H11F5O4/c1-17-6(15)5(7(16)18-2)3-4-8(10,11)9(12,13)14/h5H,3-4H2,1-2H3. The predicted octanol–water partition coefficient (Wildman–Crippen LogP) is 1.93. The van der Waals surface area contributed by atoms with Gasteiger partial charge in [-0.05, 0) is 6.42 Å². The summed E-state index contributed by atoms with van der Waals surface area (Å²) in [6.07, 6.45) is -8.46. The highest BCUT2D eigenvalue weighted by Crippen LogP contribution is 2.39. The Morgan fingerprint density at radius 1 is 1.00 bits per heavy atom. The molecule has 0 aromatic rings. The molecule has 0 radical (unpaired) electrons. The molecule has 0 bridgehead atoms. The number of carbonyl (C=O) groups is 2. The molecular weight excluding hydrogens is 267 g/mol. The third-order valence-corrected chi connectivity index (χ3v) is 2.13. The molecule has 0 amide bonds. The zero-order valence-corrected chi connectivity index (χ0v) is 9.51. The van der Waals surface area contributed by atoms with Gasteiger partial charge in [0, 0.05) is 6.42 Å². The van der Waals surface area contributed by atoms with Crippen molar-refractivity contribution in [3.8, 4) is 0 Å². The minimum absolute atomic E-state index is 0.875. The first-order chi connectivity index (χ1) is 8.06. The summed E-state index contributed by atoms with van der Waals surface area (Å²) in [4.78, 5) is 22.1. The van der Waals surface area contributed by atoms with Crippen LogP contribution in [0.5, 0.6) is 0 Å². The zero-order valence-electron chi connectivity index (χ0n) is 9.51. The van der Waals surface area contributed by atoms with Crippen molar-refractivity contribution in [3.05, 3.63) is 0 Å². The van der Waals surface area contributed by atoms with Crippen LogP contribution in [0.3, 0.4) is 0 Å². The Labute approximate surface area is 99.0 Å². The number of ether oxygens (including phenoxy) is 2. The van der Waals surface area contributed by atoms with E-state index in [1.807, 2.05) is 0 Å². The van der Waals surface area contributed by atoms with E-state index < -0.39 is 42.8 Å². The fourth-order valence-electron chi connectivity index (χ4n) is 1.08. The smallest absolute Gasteiger partial charge is 0.453 e. The van der Waals surface area contributed by atoms with E-state index in [4.69, 9.17) is 0 Å². The molecule has 0 aliphatic rings. The monoisotopic (exact) mass is 278 g/mol. The second kappa shape index (κ2) is 5.96. The van der Waals surface area contributed by atoms with Crippen molar-refractivity contribution >= 4 is 11.9 Å². The predicted molar refractivity (Wildman–Crippen MR) is 47.8 cm³/mol. The van der Waals surface area contributed by atoms with Crippen molar-refractivity contribution < 1.29 is 41.0 Å². The molecule has 0 atom stereocenters. The van der Waals surface area contributed by atoms with Crippen LogP contribution in [0.2, 0.25) is 0 Å². The first-order valence-corrected chi connectivity index (χ1v) is 4.67. The van der Waals surface area contributed by atoms with Gasteiger partial charge in [-0.1, -0.05) is 0 Å². The molecular formula is C9H11F5O4. The Kier molecular flexibility index (Phi) is 5.50. The molecule has 18 heavy (non-hydrogen) atoms. The van der Waals surface area contributed by atoms with Crippen LogP contribution in [0.4, 0.5) is 22.0 Å². The van der Waals surface area contributed by atoms with Gasteiger partial charge in [0.15, 0.2) is 5.92 Å². The van der Waals surface area contributed by atoms with Crippen LogP contribution in [0.15, 0.2) is 0 Å². The van der Waals surface area contributed by atoms with E-state index in [-0.39, 0.29) is 0 Å². The van der Waals surface area contributed by atoms with Crippen LogP contribution in [0.25, 0.3) is 0 Å². The van der Waals surface area contributed by atoms with E-state index in [0.717, 1.165) is 14.2 Å². The number of methoxy groups -OCH3 is 2. The summed E-state index contributed by atoms with van der Waals surface area (Å²) in [6, 6.07) is 0. The van der Waals surface area contributed by atoms with Crippen LogP contribution in [-0.4, -0.2) is 38.3 Å². The second-order valence-corrected chi connectivity index (χ2v) is 3.34. The van der Waals surface area contributed by atoms with E-state index in [1.165, 1.54) is 0 Å². The van der Waals surface area contributed by atoms with Gasteiger partial charge in [-0.25, -0.2) is 0 Å². The van der Waals surface area contributed by atoms with Gasteiger partial charge in [0.05, 0.1) is 14.2 Å². The summed E-state index contributed by atoms with van der Waals surface area (Å²) in [5.41, 5.74) is 0. The maximum absolute atomic E-state index is 12.6. The van der Waals surface area contributed by atoms with Crippen molar-refractivity contribution in [3.63, 3.8) is 0 Å². The summed E-state index contributed by atoms with van der Waals surface area (Å²) in [5, 5.41) is 0. The molecule has 4 nitrogen and oxygen atoms in total. The highest BCUT2D eigenvalue weighted by Gasteiger charge is 2.57. The van der Waals surface area contributed by atoms with Gasteiger partial charge in [-0.2, -0.15) is 22.0 Å². The lowest BCUT2D eigenvalue weighted by molar-refractivity contribution is -0.285. The molecule has 0 spiro atoms. The number of rotatable bonds is 5. The Hall–Kier alpha value is -1.41. The Morgan fingerprint density at radius 2 is 1.39 bits per heavy atom. The van der Waals surface area contributed by atoms with Crippen molar-refractivity contribution in [2.24, 2.45) is 5.92 Å². The van der Waals surface area contributed by atoms with Gasteiger partial charge in [-0.3, -0.25) is 9.59 Å². The maximum atomic E-state index is 12.6. The molecule has 0 aromatic heterocycles. The van der Waals surface area contributed by atoms with Crippen LogP contribution < -0.4 is 0 Å². The average molecular weight is 278 g/mol. The van der Waals surface area contributed by atoms with E-state index in [9.17, 15) is 31.5 Å². The highest BCUT2D eigenvalue weighted by molar-refractivity contribution is 5.94. The maximum Gasteiger partial charge on any atom is 0.453 e. The summed E-state index contributed by atoms with van der Waals surface area (Å²) in [6.45, 7) is 0. The number of carbonyl (C=O) groups excluding carboxylic acids is 2. The lowest BCUT2D eigenvalue weighted by Gasteiger charge is -2.21. The zero-order chi connectivity index (χ0) is 14.6. The lowest BCUT2D eigenvalue weighted by atomic mass is 10.0. The number of hydrogen-bond donors (Lipinski definition) is 0. The fraction of sp³-hybridized carbons (Fsp3) is 0.778. The van der Waals surface area contributed by atoms with Gasteiger partial charge >= 0.3 is 24.0 Å². The summed E-state index contributed by atoms with van der Waals surface area (Å²) < 4.78 is 69.0. The van der Waals surface area contributed by atoms with E-state index in [2.05, 4.69) is 9.47 Å². The molecule has 106 valence electrons. The van der Waals surface area contributed by atoms with Crippen molar-refractivity contribution in [1.82, 2.24) is 0 Å². The van der Waals surface area contributed by atoms with Crippen molar-refractivity contribution in [2.75, 3.05) is 14.2 Å². The highest BCUT2D eigenvalue weighted by atomic mass is 19.4. The van der Waals surface area contributed by atoms with Crippen molar-refractivity contribution in [2.45, 2.75) is 24.9 Å². The van der Waals surface area contributed by atoms with Gasteiger partial charge in [-0.15, -0.1) is 0 Å². The number of hydrogen-bond acceptors (Lipinski definition) is 4. The van der Waals surface area contributed by atoms with Gasteiger partial charge in [0.25, 0.3) is 0 Å². The van der Waals surface area contributed by atoms with Crippen molar-refractivity contribution in [1.29, 1.82) is 0 Å². The van der Waals surface area contributed by atoms with E-state index in [0.29, 0.717) is 0 Å². The molecule has 9 heteroatoms. The molecule has 0 saturated carbocycles. The summed E-state index contributed by atoms with van der Waals surface area (Å²) in [7, 11) is 1.75. The number of esters is 2. The third kappa shape index (κ3) is 4.11. The average Bonchev–Trinajstić information content (AvgIpc) is 2.26. The molecule has 0 unspecified atom stereocenters. The molecule has 0 saturated heterocycles. The quantitative estimate of drug-likeness (QED) is 0.438. The molecule has 0 rings (SSSR count). The Balaban J connectivity index is 4.73. The first kappa shape index (κ1) is 16.6. The van der Waals surface area contributed by atoms with Crippen LogP contribution in [0, 0.1) is 5.92 Å². The molecule has 0 N–H and O–H groups in total. The largest absolute Gasteiger partial charge is 0.468 e.